The van der Waals surface area contributed by atoms with E-state index in [0.717, 1.165) is 70.2 Å². The molecule has 0 radical (unpaired) electrons. The van der Waals surface area contributed by atoms with E-state index < -0.39 is 5.54 Å². The highest BCUT2D eigenvalue weighted by Crippen LogP contribution is 2.36. The van der Waals surface area contributed by atoms with Gasteiger partial charge in [-0.3, -0.25) is 45.0 Å². The van der Waals surface area contributed by atoms with Crippen LogP contribution in [0.4, 0.5) is 0 Å². The number of nitrogens with one attached hydrogen (secondary N) is 3. The fraction of sp³-hybridized carbons (Fsp3) is 0.447. The highest BCUT2D eigenvalue weighted by Gasteiger charge is 2.38. The highest BCUT2D eigenvalue weighted by molar-refractivity contribution is 6.03. The van der Waals surface area contributed by atoms with Crippen molar-refractivity contribution in [2.24, 2.45) is 10.8 Å². The first-order valence-electron chi connectivity index (χ1n) is 32.0. The molecule has 2 atom stereocenters. The molecule has 0 saturated heterocycles. The van der Waals surface area contributed by atoms with E-state index >= 15 is 0 Å². The molecule has 0 aromatic heterocycles. The summed E-state index contributed by atoms with van der Waals surface area (Å²) in [5, 5.41) is 4.48. The average Bonchev–Trinajstić information content (AvgIpc) is 0.832. The van der Waals surface area contributed by atoms with Crippen molar-refractivity contribution in [1.82, 2.24) is 31.3 Å². The lowest BCUT2D eigenvalue weighted by molar-refractivity contribution is 0.0270. The summed E-state index contributed by atoms with van der Waals surface area (Å²) in [5.74, 6) is 0.877. The second-order valence-electron chi connectivity index (χ2n) is 27.2. The SMILES string of the molecule is CCC[C@@H](N(NC(=O)c1cccc(OC)c1C)C(=O)c1cc(C)cc(C)c1)C(C)(C)C.CCC[C@@H](N(NC(=O)c1cccc(OC)c1CC)C(=O)c1cc(C)cc(C)c1)C(C)(C)C.Cc1cc(C)cc(C(=O)N(NC(=O)c2ccc3c(c2C)OCCO3)C(C)(C)C)c1. The molecule has 496 valence electrons. The van der Waals surface area contributed by atoms with Crippen LogP contribution in [-0.2, 0) is 6.42 Å². The summed E-state index contributed by atoms with van der Waals surface area (Å²) in [7, 11) is 3.18. The number of ether oxygens (including phenoxy) is 4. The van der Waals surface area contributed by atoms with E-state index in [2.05, 4.69) is 71.7 Å². The molecule has 16 nitrogen and oxygen atoms in total. The first-order valence-corrected chi connectivity index (χ1v) is 32.0. The number of aryl methyl sites for hydroxylation is 6. The average molecular weight is 1260 g/mol. The molecule has 0 saturated carbocycles. The Morgan fingerprint density at radius 2 is 0.848 bits per heavy atom. The number of methoxy groups -OCH3 is 2. The second-order valence-corrected chi connectivity index (χ2v) is 27.2. The lowest BCUT2D eigenvalue weighted by Gasteiger charge is -2.40. The zero-order chi connectivity index (χ0) is 68.7. The summed E-state index contributed by atoms with van der Waals surface area (Å²) < 4.78 is 22.1. The summed E-state index contributed by atoms with van der Waals surface area (Å²) in [5.41, 5.74) is 19.1. The zero-order valence-corrected chi connectivity index (χ0v) is 58.8. The Morgan fingerprint density at radius 1 is 0.467 bits per heavy atom. The molecule has 92 heavy (non-hydrogen) atoms. The van der Waals surface area contributed by atoms with Gasteiger partial charge in [-0.05, 0) is 179 Å². The zero-order valence-electron chi connectivity index (χ0n) is 58.8. The summed E-state index contributed by atoms with van der Waals surface area (Å²) >= 11 is 0. The van der Waals surface area contributed by atoms with Crippen LogP contribution in [0, 0.1) is 66.2 Å². The number of nitrogens with zero attached hydrogens (tertiary/aromatic N) is 3. The summed E-state index contributed by atoms with van der Waals surface area (Å²) in [6, 6.07) is 31.1. The van der Waals surface area contributed by atoms with E-state index in [1.54, 1.807) is 60.6 Å². The summed E-state index contributed by atoms with van der Waals surface area (Å²) in [4.78, 5) is 80.5. The topological polar surface area (TPSA) is 185 Å². The van der Waals surface area contributed by atoms with Crippen LogP contribution < -0.4 is 35.2 Å². The van der Waals surface area contributed by atoms with Gasteiger partial charge >= 0.3 is 0 Å². The molecule has 6 amide bonds. The lowest BCUT2D eigenvalue weighted by Crippen LogP contribution is -2.56. The molecule has 1 aliphatic heterocycles. The van der Waals surface area contributed by atoms with Crippen LogP contribution in [0.3, 0.4) is 0 Å². The quantitative estimate of drug-likeness (QED) is 0.0836. The number of benzene rings is 6. The molecule has 6 aromatic carbocycles. The number of carbonyl (C=O) groups is 6. The Kier molecular flexibility index (Phi) is 25.8. The van der Waals surface area contributed by atoms with Crippen molar-refractivity contribution in [3.05, 3.63) is 187 Å². The maximum absolute atomic E-state index is 13.7. The maximum Gasteiger partial charge on any atom is 0.272 e. The van der Waals surface area contributed by atoms with Crippen molar-refractivity contribution in [2.45, 2.75) is 188 Å². The third-order valence-electron chi connectivity index (χ3n) is 16.0. The van der Waals surface area contributed by atoms with Crippen LogP contribution in [0.25, 0.3) is 0 Å². The third-order valence-corrected chi connectivity index (χ3v) is 16.0. The Bertz CT molecular complexity index is 3550. The van der Waals surface area contributed by atoms with Crippen molar-refractivity contribution in [2.75, 3.05) is 27.4 Å². The Hall–Kier alpha value is -8.66. The number of carbonyl (C=O) groups excluding carboxylic acids is 6. The first kappa shape index (κ1) is 74.1. The molecule has 16 heteroatoms. The van der Waals surface area contributed by atoms with Gasteiger partial charge in [0, 0.05) is 50.1 Å². The van der Waals surface area contributed by atoms with E-state index in [4.69, 9.17) is 18.9 Å². The predicted octanol–water partition coefficient (Wildman–Crippen LogP) is 15.5. The van der Waals surface area contributed by atoms with Crippen LogP contribution in [0.15, 0.2) is 103 Å². The van der Waals surface area contributed by atoms with E-state index in [0.29, 0.717) is 81.6 Å². The number of hydrogen-bond acceptors (Lipinski definition) is 10. The minimum atomic E-state index is -0.619. The van der Waals surface area contributed by atoms with Crippen molar-refractivity contribution in [3.8, 4) is 23.0 Å². The minimum Gasteiger partial charge on any atom is -0.496 e. The summed E-state index contributed by atoms with van der Waals surface area (Å²) in [6.45, 7) is 40.8. The van der Waals surface area contributed by atoms with Gasteiger partial charge in [-0.25, -0.2) is 15.0 Å². The van der Waals surface area contributed by atoms with Gasteiger partial charge in [0.1, 0.15) is 24.7 Å². The highest BCUT2D eigenvalue weighted by atomic mass is 16.6. The van der Waals surface area contributed by atoms with Crippen molar-refractivity contribution in [3.63, 3.8) is 0 Å². The predicted molar refractivity (Wildman–Crippen MR) is 367 cm³/mol. The fourth-order valence-electron chi connectivity index (χ4n) is 11.6. The van der Waals surface area contributed by atoms with E-state index in [-0.39, 0.29) is 58.4 Å². The van der Waals surface area contributed by atoms with Gasteiger partial charge in [0.05, 0.1) is 31.8 Å². The standard InChI is InChI=1S/C27H38N2O3.C26H36N2O3.C23H28N2O4/c1-9-12-24(27(5,6)7)29(26(31)20-16-18(3)15-19(4)17-20)28-25(30)22-13-11-14-23(32-8)21(22)10-2;1-9-11-23(26(5,6)7)28(25(30)20-15-17(2)14-18(3)16-20)27-24(29)21-12-10-13-22(31-8)19(21)4;1-14-11-15(2)13-17(12-14)22(27)25(23(4,5)6)24-21(26)18-7-8-19-20(16(18)3)29-10-9-28-19/h11,13-17,24H,9-10,12H2,1-8H3,(H,28,30);10,12-16,23H,9,11H2,1-8H3,(H,27,29);7-8,11-13H,9-10H2,1-6H3,(H,24,26)/t24-;23-;/m11./s1. The molecule has 7 rings (SSSR count). The van der Waals surface area contributed by atoms with E-state index in [9.17, 15) is 28.8 Å². The molecule has 0 bridgehead atoms. The number of hydrazine groups is 3. The largest absolute Gasteiger partial charge is 0.496 e. The van der Waals surface area contributed by atoms with Crippen LogP contribution in [0.5, 0.6) is 23.0 Å². The fourth-order valence-corrected chi connectivity index (χ4v) is 11.6. The Balaban J connectivity index is 0.000000251. The number of hydrogen-bond donors (Lipinski definition) is 3. The third kappa shape index (κ3) is 19.2. The van der Waals surface area contributed by atoms with Gasteiger partial charge in [-0.15, -0.1) is 0 Å². The number of amides is 6. The van der Waals surface area contributed by atoms with Gasteiger partial charge < -0.3 is 18.9 Å². The van der Waals surface area contributed by atoms with E-state index in [1.807, 2.05) is 150 Å². The Morgan fingerprint density at radius 3 is 1.25 bits per heavy atom. The van der Waals surface area contributed by atoms with Gasteiger partial charge in [-0.2, -0.15) is 0 Å². The molecule has 0 fully saturated rings. The molecular formula is C76H102N6O10. The molecule has 1 aliphatic rings. The molecule has 0 unspecified atom stereocenters. The molecule has 0 spiro atoms. The Labute approximate surface area is 548 Å². The van der Waals surface area contributed by atoms with Crippen molar-refractivity contribution in [1.29, 1.82) is 0 Å². The van der Waals surface area contributed by atoms with Crippen molar-refractivity contribution < 1.29 is 47.7 Å². The molecule has 6 aromatic rings. The number of rotatable bonds is 15. The van der Waals surface area contributed by atoms with Crippen molar-refractivity contribution >= 4 is 35.4 Å². The normalized spacial score (nSPS) is 12.5. The minimum absolute atomic E-state index is 0.166. The second kappa shape index (κ2) is 32.1. The summed E-state index contributed by atoms with van der Waals surface area (Å²) in [6.07, 6.45) is 3.99. The van der Waals surface area contributed by atoms with Gasteiger partial charge in [0.15, 0.2) is 11.5 Å². The molecule has 0 aliphatic carbocycles. The first-order chi connectivity index (χ1) is 43.1. The number of fused-ring (bicyclic) bond motifs is 1. The smallest absolute Gasteiger partial charge is 0.272 e. The van der Waals surface area contributed by atoms with Crippen LogP contribution in [0.2, 0.25) is 0 Å². The molecular weight excluding hydrogens is 1160 g/mol. The van der Waals surface area contributed by atoms with E-state index in [1.165, 1.54) is 5.01 Å². The molecule has 3 N–H and O–H groups in total. The van der Waals surface area contributed by atoms with Gasteiger partial charge in [-0.1, -0.05) is 139 Å². The molecule has 1 heterocycles. The van der Waals surface area contributed by atoms with Gasteiger partial charge in [0.2, 0.25) is 0 Å². The van der Waals surface area contributed by atoms with Gasteiger partial charge in [0.25, 0.3) is 35.4 Å². The monoisotopic (exact) mass is 1260 g/mol. The van der Waals surface area contributed by atoms with Crippen LogP contribution >= 0.6 is 0 Å². The lowest BCUT2D eigenvalue weighted by atomic mass is 9.83. The maximum atomic E-state index is 13.7. The van der Waals surface area contributed by atoms with Crippen LogP contribution in [0.1, 0.15) is 221 Å². The van der Waals surface area contributed by atoms with Crippen LogP contribution in [-0.4, -0.2) is 95.5 Å².